The summed E-state index contributed by atoms with van der Waals surface area (Å²) < 4.78 is 0. The number of benzene rings is 2. The third kappa shape index (κ3) is 4.40. The zero-order valence-electron chi connectivity index (χ0n) is 13.3. The lowest BCUT2D eigenvalue weighted by molar-refractivity contribution is 0.131. The molecule has 0 saturated carbocycles. The topological polar surface area (TPSA) is 59.3 Å². The number of rotatable bonds is 4. The normalized spacial score (nSPS) is 16.0. The number of nitrogens with zero attached hydrogens (tertiary/aromatic N) is 3. The summed E-state index contributed by atoms with van der Waals surface area (Å²) >= 11 is 5.91. The molecule has 0 amide bonds. The molecule has 0 atom stereocenters. The lowest BCUT2D eigenvalue weighted by Gasteiger charge is -2.33. The van der Waals surface area contributed by atoms with Crippen molar-refractivity contribution in [2.75, 3.05) is 26.2 Å². The smallest absolute Gasteiger partial charge is 0.128 e. The third-order valence-electron chi connectivity index (χ3n) is 4.04. The van der Waals surface area contributed by atoms with Crippen molar-refractivity contribution in [1.82, 2.24) is 9.91 Å². The SMILES string of the molecule is Oc1ccc(/C=N/N2CCN(Cc3ccc(Cl)cc3)CC2)c(O)c1. The first kappa shape index (κ1) is 16.6. The molecule has 1 aliphatic rings. The van der Waals surface area contributed by atoms with Crippen LogP contribution >= 0.6 is 11.6 Å². The van der Waals surface area contributed by atoms with Crippen LogP contribution in [0.4, 0.5) is 0 Å². The molecule has 0 unspecified atom stereocenters. The highest BCUT2D eigenvalue weighted by molar-refractivity contribution is 6.30. The van der Waals surface area contributed by atoms with E-state index in [-0.39, 0.29) is 11.5 Å². The van der Waals surface area contributed by atoms with Crippen molar-refractivity contribution in [3.8, 4) is 11.5 Å². The summed E-state index contributed by atoms with van der Waals surface area (Å²) in [6.07, 6.45) is 1.63. The Morgan fingerprint density at radius 1 is 1.00 bits per heavy atom. The first-order chi connectivity index (χ1) is 11.6. The number of hydrogen-bond donors (Lipinski definition) is 2. The molecule has 1 fully saturated rings. The van der Waals surface area contributed by atoms with Gasteiger partial charge in [0, 0.05) is 49.4 Å². The number of halogens is 1. The number of aromatic hydroxyl groups is 2. The second-order valence-electron chi connectivity index (χ2n) is 5.84. The quantitative estimate of drug-likeness (QED) is 0.836. The van der Waals surface area contributed by atoms with E-state index < -0.39 is 0 Å². The van der Waals surface area contributed by atoms with Crippen LogP contribution in [-0.2, 0) is 6.54 Å². The van der Waals surface area contributed by atoms with E-state index in [9.17, 15) is 10.2 Å². The van der Waals surface area contributed by atoms with Crippen LogP contribution in [0, 0.1) is 0 Å². The Labute approximate surface area is 146 Å². The fourth-order valence-corrected chi connectivity index (χ4v) is 2.77. The van der Waals surface area contributed by atoms with E-state index in [1.165, 1.54) is 17.7 Å². The molecule has 6 heteroatoms. The third-order valence-corrected chi connectivity index (χ3v) is 4.29. The van der Waals surface area contributed by atoms with Crippen molar-refractivity contribution in [2.24, 2.45) is 5.10 Å². The monoisotopic (exact) mass is 345 g/mol. The summed E-state index contributed by atoms with van der Waals surface area (Å²) in [5, 5.41) is 26.2. The van der Waals surface area contributed by atoms with Crippen LogP contribution in [0.5, 0.6) is 11.5 Å². The van der Waals surface area contributed by atoms with Gasteiger partial charge in [0.2, 0.25) is 0 Å². The molecule has 2 aromatic carbocycles. The van der Waals surface area contributed by atoms with Crippen molar-refractivity contribution in [3.63, 3.8) is 0 Å². The second-order valence-corrected chi connectivity index (χ2v) is 6.28. The van der Waals surface area contributed by atoms with Gasteiger partial charge in [0.15, 0.2) is 0 Å². The summed E-state index contributed by atoms with van der Waals surface area (Å²) in [5.41, 5.74) is 1.85. The molecule has 0 aliphatic carbocycles. The van der Waals surface area contributed by atoms with Gasteiger partial charge in [0.1, 0.15) is 11.5 Å². The summed E-state index contributed by atoms with van der Waals surface area (Å²) in [7, 11) is 0. The molecular weight excluding hydrogens is 326 g/mol. The highest BCUT2D eigenvalue weighted by atomic mass is 35.5. The van der Waals surface area contributed by atoms with Gasteiger partial charge in [-0.05, 0) is 29.8 Å². The van der Waals surface area contributed by atoms with E-state index in [4.69, 9.17) is 11.6 Å². The minimum atomic E-state index is 0.0279. The van der Waals surface area contributed by atoms with E-state index in [0.717, 1.165) is 37.7 Å². The van der Waals surface area contributed by atoms with Crippen molar-refractivity contribution in [2.45, 2.75) is 6.54 Å². The molecule has 0 spiro atoms. The number of phenolic OH excluding ortho intramolecular Hbond substituents is 2. The Bertz CT molecular complexity index is 711. The Morgan fingerprint density at radius 2 is 1.71 bits per heavy atom. The molecule has 0 radical (unpaired) electrons. The maximum atomic E-state index is 9.76. The van der Waals surface area contributed by atoms with Crippen LogP contribution in [0.3, 0.4) is 0 Å². The fraction of sp³-hybridized carbons (Fsp3) is 0.278. The molecule has 3 rings (SSSR count). The van der Waals surface area contributed by atoms with Gasteiger partial charge in [0.25, 0.3) is 0 Å². The first-order valence-electron chi connectivity index (χ1n) is 7.88. The largest absolute Gasteiger partial charge is 0.508 e. The molecule has 1 aliphatic heterocycles. The average molecular weight is 346 g/mol. The first-order valence-corrected chi connectivity index (χ1v) is 8.26. The predicted molar refractivity (Wildman–Crippen MR) is 95.7 cm³/mol. The van der Waals surface area contributed by atoms with Gasteiger partial charge in [0.05, 0.1) is 6.21 Å². The summed E-state index contributed by atoms with van der Waals surface area (Å²) in [6.45, 7) is 4.45. The van der Waals surface area contributed by atoms with Crippen molar-refractivity contribution in [3.05, 3.63) is 58.6 Å². The summed E-state index contributed by atoms with van der Waals surface area (Å²) in [5.74, 6) is 0.0700. The van der Waals surface area contributed by atoms with E-state index in [1.807, 2.05) is 17.1 Å². The number of phenols is 2. The molecule has 5 nitrogen and oxygen atoms in total. The Morgan fingerprint density at radius 3 is 2.38 bits per heavy atom. The van der Waals surface area contributed by atoms with Gasteiger partial charge in [-0.25, -0.2) is 0 Å². The van der Waals surface area contributed by atoms with Crippen molar-refractivity contribution < 1.29 is 10.2 Å². The average Bonchev–Trinajstić information content (AvgIpc) is 2.57. The van der Waals surface area contributed by atoms with E-state index in [0.29, 0.717) is 5.56 Å². The second kappa shape index (κ2) is 7.55. The van der Waals surface area contributed by atoms with Gasteiger partial charge in [-0.15, -0.1) is 0 Å². The van der Waals surface area contributed by atoms with Crippen LogP contribution in [-0.4, -0.2) is 52.5 Å². The Balaban J connectivity index is 1.51. The molecule has 2 aromatic rings. The predicted octanol–water partition coefficient (Wildman–Crippen LogP) is 2.90. The fourth-order valence-electron chi connectivity index (χ4n) is 2.64. The molecule has 0 bridgehead atoms. The molecular formula is C18H20ClN3O2. The van der Waals surface area contributed by atoms with Crippen LogP contribution < -0.4 is 0 Å². The van der Waals surface area contributed by atoms with Crippen LogP contribution in [0.2, 0.25) is 5.02 Å². The standard InChI is InChI=1S/C18H20ClN3O2/c19-16-4-1-14(2-5-16)13-21-7-9-22(10-8-21)20-12-15-3-6-17(23)11-18(15)24/h1-6,11-12,23-24H,7-10,13H2/b20-12+. The number of hydrogen-bond acceptors (Lipinski definition) is 5. The zero-order chi connectivity index (χ0) is 16.9. The molecule has 2 N–H and O–H groups in total. The minimum absolute atomic E-state index is 0.0279. The van der Waals surface area contributed by atoms with Crippen molar-refractivity contribution >= 4 is 17.8 Å². The van der Waals surface area contributed by atoms with Crippen LogP contribution in [0.25, 0.3) is 0 Å². The lowest BCUT2D eigenvalue weighted by atomic mass is 10.2. The highest BCUT2D eigenvalue weighted by Gasteiger charge is 2.15. The molecule has 1 saturated heterocycles. The maximum Gasteiger partial charge on any atom is 0.128 e. The van der Waals surface area contributed by atoms with E-state index in [2.05, 4.69) is 22.1 Å². The lowest BCUT2D eigenvalue weighted by Crippen LogP contribution is -2.43. The highest BCUT2D eigenvalue weighted by Crippen LogP contribution is 2.21. The molecule has 126 valence electrons. The van der Waals surface area contributed by atoms with Gasteiger partial charge < -0.3 is 10.2 Å². The molecule has 1 heterocycles. The zero-order valence-corrected chi connectivity index (χ0v) is 14.0. The van der Waals surface area contributed by atoms with Gasteiger partial charge in [-0.3, -0.25) is 9.91 Å². The molecule has 24 heavy (non-hydrogen) atoms. The van der Waals surface area contributed by atoms with Gasteiger partial charge >= 0.3 is 0 Å². The van der Waals surface area contributed by atoms with E-state index >= 15 is 0 Å². The number of hydrazone groups is 1. The van der Waals surface area contributed by atoms with Gasteiger partial charge in [-0.2, -0.15) is 5.10 Å². The Hall–Kier alpha value is -2.24. The van der Waals surface area contributed by atoms with Crippen LogP contribution in [0.1, 0.15) is 11.1 Å². The van der Waals surface area contributed by atoms with Gasteiger partial charge in [-0.1, -0.05) is 23.7 Å². The summed E-state index contributed by atoms with van der Waals surface area (Å²) in [4.78, 5) is 2.38. The summed E-state index contributed by atoms with van der Waals surface area (Å²) in [6, 6.07) is 12.4. The van der Waals surface area contributed by atoms with E-state index in [1.54, 1.807) is 12.3 Å². The number of piperazine rings is 1. The van der Waals surface area contributed by atoms with Crippen molar-refractivity contribution in [1.29, 1.82) is 0 Å². The minimum Gasteiger partial charge on any atom is -0.508 e. The Kier molecular flexibility index (Phi) is 5.23. The maximum absolute atomic E-state index is 9.76. The molecule has 0 aromatic heterocycles. The van der Waals surface area contributed by atoms with Crippen LogP contribution in [0.15, 0.2) is 47.6 Å².